The van der Waals surface area contributed by atoms with Crippen LogP contribution >= 0.6 is 11.9 Å². The summed E-state index contributed by atoms with van der Waals surface area (Å²) in [5.41, 5.74) is 0. The van der Waals surface area contributed by atoms with Crippen molar-refractivity contribution in [1.29, 1.82) is 0 Å². The average Bonchev–Trinajstić information content (AvgIpc) is 1.64. The molecule has 2 unspecified atom stereocenters. The first-order chi connectivity index (χ1) is 3.79. The lowest BCUT2D eigenvalue weighted by Crippen LogP contribution is -2.08. The van der Waals surface area contributed by atoms with Crippen LogP contribution < -0.4 is 0 Å². The van der Waals surface area contributed by atoms with Crippen LogP contribution in [-0.2, 0) is 0 Å². The quantitative estimate of drug-likeness (QED) is 0.456. The fourth-order valence-electron chi connectivity index (χ4n) is 0.870. The van der Waals surface area contributed by atoms with Gasteiger partial charge in [0.15, 0.2) is 0 Å². The molecule has 8 heavy (non-hydrogen) atoms. The van der Waals surface area contributed by atoms with E-state index in [1.165, 1.54) is 6.42 Å². The minimum atomic E-state index is 0.700. The van der Waals surface area contributed by atoms with Gasteiger partial charge >= 0.3 is 0 Å². The summed E-state index contributed by atoms with van der Waals surface area (Å²) in [5.74, 6) is 0.700. The van der Waals surface area contributed by atoms with Crippen molar-refractivity contribution in [2.75, 3.05) is 0 Å². The SMILES string of the molecule is CC1C=NSC(C)C1. The fourth-order valence-corrected chi connectivity index (χ4v) is 1.75. The van der Waals surface area contributed by atoms with Gasteiger partial charge in [-0.15, -0.1) is 0 Å². The topological polar surface area (TPSA) is 12.4 Å². The van der Waals surface area contributed by atoms with Gasteiger partial charge in [-0.2, -0.15) is 0 Å². The molecule has 0 fully saturated rings. The summed E-state index contributed by atoms with van der Waals surface area (Å²) in [6.07, 6.45) is 3.32. The molecule has 1 heterocycles. The maximum absolute atomic E-state index is 4.13. The van der Waals surface area contributed by atoms with Gasteiger partial charge in [0.2, 0.25) is 0 Å². The fraction of sp³-hybridized carbons (Fsp3) is 0.833. The van der Waals surface area contributed by atoms with E-state index in [0.717, 1.165) is 5.25 Å². The molecule has 1 nitrogen and oxygen atoms in total. The highest BCUT2D eigenvalue weighted by Crippen LogP contribution is 2.23. The average molecular weight is 129 g/mol. The number of rotatable bonds is 0. The van der Waals surface area contributed by atoms with Gasteiger partial charge in [-0.25, -0.2) is 4.40 Å². The van der Waals surface area contributed by atoms with E-state index < -0.39 is 0 Å². The van der Waals surface area contributed by atoms with Gasteiger partial charge in [-0.1, -0.05) is 13.8 Å². The zero-order valence-corrected chi connectivity index (χ0v) is 6.11. The first kappa shape index (κ1) is 6.14. The van der Waals surface area contributed by atoms with E-state index in [0.29, 0.717) is 5.92 Å². The zero-order chi connectivity index (χ0) is 5.98. The first-order valence-corrected chi connectivity index (χ1v) is 3.82. The Hall–Kier alpha value is 0.0200. The second kappa shape index (κ2) is 2.53. The molecule has 0 bridgehead atoms. The molecule has 2 heteroatoms. The lowest BCUT2D eigenvalue weighted by Gasteiger charge is -2.14. The Morgan fingerprint density at radius 1 is 1.62 bits per heavy atom. The second-order valence-corrected chi connectivity index (χ2v) is 3.61. The van der Waals surface area contributed by atoms with Crippen LogP contribution in [0.3, 0.4) is 0 Å². The standard InChI is InChI=1S/C6H11NS/c1-5-3-6(2)8-7-4-5/h4-6H,3H2,1-2H3. The van der Waals surface area contributed by atoms with Crippen LogP contribution in [0.15, 0.2) is 4.40 Å². The van der Waals surface area contributed by atoms with Gasteiger partial charge in [0.25, 0.3) is 0 Å². The number of nitrogens with zero attached hydrogens (tertiary/aromatic N) is 1. The molecule has 0 radical (unpaired) electrons. The van der Waals surface area contributed by atoms with E-state index in [1.54, 1.807) is 11.9 Å². The van der Waals surface area contributed by atoms with Crippen LogP contribution in [0.5, 0.6) is 0 Å². The Bertz CT molecular complexity index is 101. The second-order valence-electron chi connectivity index (χ2n) is 2.38. The zero-order valence-electron chi connectivity index (χ0n) is 5.29. The highest BCUT2D eigenvalue weighted by atomic mass is 32.2. The number of hydrogen-bond acceptors (Lipinski definition) is 2. The van der Waals surface area contributed by atoms with Crippen molar-refractivity contribution in [3.8, 4) is 0 Å². The Morgan fingerprint density at radius 3 is 2.75 bits per heavy atom. The van der Waals surface area contributed by atoms with E-state index in [-0.39, 0.29) is 0 Å². The van der Waals surface area contributed by atoms with E-state index in [9.17, 15) is 0 Å². The van der Waals surface area contributed by atoms with Crippen LogP contribution in [0.4, 0.5) is 0 Å². The van der Waals surface area contributed by atoms with Crippen molar-refractivity contribution < 1.29 is 0 Å². The molecule has 0 aromatic heterocycles. The minimum absolute atomic E-state index is 0.700. The summed E-state index contributed by atoms with van der Waals surface area (Å²) in [6.45, 7) is 4.43. The Kier molecular flexibility index (Phi) is 1.95. The summed E-state index contributed by atoms with van der Waals surface area (Å²) < 4.78 is 4.13. The molecule has 0 aliphatic carbocycles. The summed E-state index contributed by atoms with van der Waals surface area (Å²) >= 11 is 1.69. The molecule has 0 aromatic carbocycles. The van der Waals surface area contributed by atoms with Crippen molar-refractivity contribution in [3.05, 3.63) is 0 Å². The van der Waals surface area contributed by atoms with Gasteiger partial charge in [-0.3, -0.25) is 0 Å². The van der Waals surface area contributed by atoms with Gasteiger partial charge in [0.05, 0.1) is 0 Å². The Morgan fingerprint density at radius 2 is 2.38 bits per heavy atom. The lowest BCUT2D eigenvalue weighted by molar-refractivity contribution is 0.683. The molecule has 0 amide bonds. The first-order valence-electron chi connectivity index (χ1n) is 2.98. The van der Waals surface area contributed by atoms with Crippen molar-refractivity contribution in [2.45, 2.75) is 25.5 Å². The molecule has 1 rings (SSSR count). The van der Waals surface area contributed by atoms with Crippen molar-refractivity contribution in [3.63, 3.8) is 0 Å². The van der Waals surface area contributed by atoms with Crippen LogP contribution in [0.2, 0.25) is 0 Å². The molecule has 46 valence electrons. The van der Waals surface area contributed by atoms with Crippen LogP contribution in [0, 0.1) is 5.92 Å². The summed E-state index contributed by atoms with van der Waals surface area (Å²) in [6, 6.07) is 0. The van der Waals surface area contributed by atoms with Crippen LogP contribution in [0.1, 0.15) is 20.3 Å². The Balaban J connectivity index is 2.42. The van der Waals surface area contributed by atoms with Crippen molar-refractivity contribution in [2.24, 2.45) is 10.3 Å². The molecule has 1 aliphatic rings. The third kappa shape index (κ3) is 1.51. The number of hydrogen-bond donors (Lipinski definition) is 0. The third-order valence-corrected chi connectivity index (χ3v) is 2.06. The smallest absolute Gasteiger partial charge is 0.0244 e. The molecule has 1 aliphatic heterocycles. The normalized spacial score (nSPS) is 37.8. The summed E-state index contributed by atoms with van der Waals surface area (Å²) in [7, 11) is 0. The highest BCUT2D eigenvalue weighted by Gasteiger charge is 2.10. The maximum Gasteiger partial charge on any atom is 0.0244 e. The van der Waals surface area contributed by atoms with Crippen molar-refractivity contribution in [1.82, 2.24) is 0 Å². The molecule has 0 saturated heterocycles. The Labute approximate surface area is 54.7 Å². The van der Waals surface area contributed by atoms with Crippen molar-refractivity contribution >= 4 is 18.2 Å². The molecular formula is C6H11NS. The van der Waals surface area contributed by atoms with Crippen LogP contribution in [-0.4, -0.2) is 11.5 Å². The maximum atomic E-state index is 4.13. The van der Waals surface area contributed by atoms with Gasteiger partial charge in [0.1, 0.15) is 0 Å². The monoisotopic (exact) mass is 129 g/mol. The predicted molar refractivity (Wildman–Crippen MR) is 39.3 cm³/mol. The van der Waals surface area contributed by atoms with E-state index >= 15 is 0 Å². The van der Waals surface area contributed by atoms with E-state index in [1.807, 2.05) is 6.21 Å². The lowest BCUT2D eigenvalue weighted by atomic mass is 10.1. The van der Waals surface area contributed by atoms with Gasteiger partial charge in [-0.05, 0) is 24.3 Å². The predicted octanol–water partition coefficient (Wildman–Crippen LogP) is 2.13. The molecule has 0 saturated carbocycles. The minimum Gasteiger partial charge on any atom is -0.228 e. The van der Waals surface area contributed by atoms with E-state index in [4.69, 9.17) is 0 Å². The van der Waals surface area contributed by atoms with E-state index in [2.05, 4.69) is 18.2 Å². The third-order valence-electron chi connectivity index (χ3n) is 1.26. The van der Waals surface area contributed by atoms with Gasteiger partial charge in [0, 0.05) is 11.5 Å². The molecular weight excluding hydrogens is 118 g/mol. The molecule has 0 N–H and O–H groups in total. The summed E-state index contributed by atoms with van der Waals surface area (Å²) in [4.78, 5) is 0. The van der Waals surface area contributed by atoms with Gasteiger partial charge < -0.3 is 0 Å². The largest absolute Gasteiger partial charge is 0.228 e. The molecule has 0 aromatic rings. The molecule has 0 spiro atoms. The summed E-state index contributed by atoms with van der Waals surface area (Å²) in [5, 5.41) is 0.731. The molecule has 2 atom stereocenters. The highest BCUT2D eigenvalue weighted by molar-refractivity contribution is 7.98. The van der Waals surface area contributed by atoms with Crippen LogP contribution in [0.25, 0.3) is 0 Å².